The number of esters is 1. The molecule has 3 heterocycles. The van der Waals surface area contributed by atoms with Gasteiger partial charge in [0.15, 0.2) is 0 Å². The standard InChI is InChI=1S/C27H32N6O3/c1-18-15-31(11-10-22-6-9-25-23(13-22)12-20(3)36-27(25)35)16-19(2)33(18)26(34)14-21-4-7-24(8-5-21)32-17-28-29-30-32/h4-9,13,17-20H,10-12,14-16H2,1-3H3/t18-,19+,20?. The molecule has 36 heavy (non-hydrogen) atoms. The molecule has 3 aromatic rings. The number of benzene rings is 2. The van der Waals surface area contributed by atoms with Crippen LogP contribution in [0.15, 0.2) is 48.8 Å². The van der Waals surface area contributed by atoms with Gasteiger partial charge in [-0.1, -0.05) is 24.3 Å². The molecule has 5 rings (SSSR count). The fourth-order valence-electron chi connectivity index (χ4n) is 5.47. The van der Waals surface area contributed by atoms with E-state index in [1.165, 1.54) is 5.56 Å². The summed E-state index contributed by atoms with van der Waals surface area (Å²) in [6.07, 6.45) is 3.53. The van der Waals surface area contributed by atoms with E-state index in [4.69, 9.17) is 4.74 Å². The van der Waals surface area contributed by atoms with Crippen LogP contribution in [0.5, 0.6) is 0 Å². The van der Waals surface area contributed by atoms with Gasteiger partial charge < -0.3 is 9.64 Å². The molecule has 2 aliphatic rings. The molecule has 188 valence electrons. The number of ether oxygens (including phenoxy) is 1. The predicted octanol–water partition coefficient (Wildman–Crippen LogP) is 2.47. The minimum absolute atomic E-state index is 0.0727. The second-order valence-electron chi connectivity index (χ2n) is 10.0. The Morgan fingerprint density at radius 3 is 2.44 bits per heavy atom. The molecule has 1 fully saturated rings. The van der Waals surface area contributed by atoms with Crippen molar-refractivity contribution < 1.29 is 14.3 Å². The van der Waals surface area contributed by atoms with E-state index in [1.54, 1.807) is 11.0 Å². The fourth-order valence-corrected chi connectivity index (χ4v) is 5.47. The summed E-state index contributed by atoms with van der Waals surface area (Å²) in [5.74, 6) is -0.0669. The molecule has 0 bridgehead atoms. The van der Waals surface area contributed by atoms with Crippen LogP contribution in [0.25, 0.3) is 5.69 Å². The Labute approximate surface area is 211 Å². The highest BCUT2D eigenvalue weighted by atomic mass is 16.5. The summed E-state index contributed by atoms with van der Waals surface area (Å²) in [6.45, 7) is 8.82. The molecule has 1 unspecified atom stereocenters. The number of piperazine rings is 1. The first-order valence-electron chi connectivity index (χ1n) is 12.6. The maximum Gasteiger partial charge on any atom is 0.338 e. The third-order valence-corrected chi connectivity index (χ3v) is 7.11. The van der Waals surface area contributed by atoms with Crippen LogP contribution in [0.4, 0.5) is 0 Å². The van der Waals surface area contributed by atoms with Gasteiger partial charge in [-0.3, -0.25) is 9.69 Å². The minimum atomic E-state index is -0.220. The summed E-state index contributed by atoms with van der Waals surface area (Å²) in [5.41, 5.74) is 4.85. The number of carbonyl (C=O) groups is 2. The minimum Gasteiger partial charge on any atom is -0.459 e. The van der Waals surface area contributed by atoms with Crippen molar-refractivity contribution in [3.63, 3.8) is 0 Å². The highest BCUT2D eigenvalue weighted by molar-refractivity contribution is 5.92. The quantitative estimate of drug-likeness (QED) is 0.492. The summed E-state index contributed by atoms with van der Waals surface area (Å²) in [5, 5.41) is 11.2. The van der Waals surface area contributed by atoms with Gasteiger partial charge in [0.05, 0.1) is 17.7 Å². The van der Waals surface area contributed by atoms with E-state index in [0.717, 1.165) is 49.3 Å². The lowest BCUT2D eigenvalue weighted by Gasteiger charge is -2.44. The van der Waals surface area contributed by atoms with Crippen LogP contribution in [-0.4, -0.2) is 79.7 Å². The van der Waals surface area contributed by atoms with E-state index in [9.17, 15) is 9.59 Å². The van der Waals surface area contributed by atoms with Gasteiger partial charge in [-0.2, -0.15) is 0 Å². The number of aromatic nitrogens is 4. The highest BCUT2D eigenvalue weighted by Gasteiger charge is 2.32. The molecule has 0 N–H and O–H groups in total. The first kappa shape index (κ1) is 24.1. The lowest BCUT2D eigenvalue weighted by atomic mass is 9.95. The van der Waals surface area contributed by atoms with Crippen LogP contribution in [-0.2, 0) is 28.8 Å². The van der Waals surface area contributed by atoms with E-state index >= 15 is 0 Å². The third kappa shape index (κ3) is 5.16. The average Bonchev–Trinajstić information content (AvgIpc) is 3.37. The molecule has 1 saturated heterocycles. The zero-order chi connectivity index (χ0) is 25.2. The van der Waals surface area contributed by atoms with Crippen LogP contribution in [0.2, 0.25) is 0 Å². The van der Waals surface area contributed by atoms with E-state index in [0.29, 0.717) is 12.0 Å². The van der Waals surface area contributed by atoms with E-state index < -0.39 is 0 Å². The van der Waals surface area contributed by atoms with Crippen LogP contribution in [0.1, 0.15) is 47.8 Å². The van der Waals surface area contributed by atoms with Crippen molar-refractivity contribution >= 4 is 11.9 Å². The van der Waals surface area contributed by atoms with E-state index in [-0.39, 0.29) is 30.1 Å². The third-order valence-electron chi connectivity index (χ3n) is 7.11. The molecular weight excluding hydrogens is 456 g/mol. The summed E-state index contributed by atoms with van der Waals surface area (Å²) in [6, 6.07) is 14.1. The molecule has 0 spiro atoms. The van der Waals surface area contributed by atoms with Gasteiger partial charge in [0.2, 0.25) is 5.91 Å². The SMILES string of the molecule is CC1Cc2cc(CCN3C[C@@H](C)N(C(=O)Cc4ccc(-n5cnnn5)cc4)[C@@H](C)C3)ccc2C(=O)O1. The average molecular weight is 489 g/mol. The van der Waals surface area contributed by atoms with E-state index in [1.807, 2.05) is 48.2 Å². The van der Waals surface area contributed by atoms with Gasteiger partial charge in [0.25, 0.3) is 0 Å². The summed E-state index contributed by atoms with van der Waals surface area (Å²) in [7, 11) is 0. The monoisotopic (exact) mass is 488 g/mol. The Hall–Kier alpha value is -3.59. The second-order valence-corrected chi connectivity index (χ2v) is 10.0. The van der Waals surface area contributed by atoms with Gasteiger partial charge in [0.1, 0.15) is 12.4 Å². The number of hydrogen-bond acceptors (Lipinski definition) is 7. The van der Waals surface area contributed by atoms with Crippen molar-refractivity contribution in [2.45, 2.75) is 58.2 Å². The van der Waals surface area contributed by atoms with Crippen LogP contribution in [0.3, 0.4) is 0 Å². The molecule has 2 aliphatic heterocycles. The molecule has 1 aromatic heterocycles. The van der Waals surface area contributed by atoms with Gasteiger partial charge in [-0.05, 0) is 72.5 Å². The largest absolute Gasteiger partial charge is 0.459 e. The smallest absolute Gasteiger partial charge is 0.338 e. The summed E-state index contributed by atoms with van der Waals surface area (Å²) in [4.78, 5) is 29.8. The maximum atomic E-state index is 13.2. The lowest BCUT2D eigenvalue weighted by molar-refractivity contribution is -0.138. The van der Waals surface area contributed by atoms with Crippen LogP contribution in [0, 0.1) is 0 Å². The molecule has 3 atom stereocenters. The number of nitrogens with zero attached hydrogens (tertiary/aromatic N) is 6. The Morgan fingerprint density at radius 1 is 1.03 bits per heavy atom. The number of tetrazole rings is 1. The molecule has 1 amide bonds. The van der Waals surface area contributed by atoms with Crippen molar-refractivity contribution in [2.24, 2.45) is 0 Å². The van der Waals surface area contributed by atoms with Crippen LogP contribution < -0.4 is 0 Å². The number of hydrogen-bond donors (Lipinski definition) is 0. The Kier molecular flexibility index (Phi) is 6.82. The first-order valence-corrected chi connectivity index (χ1v) is 12.6. The van der Waals surface area contributed by atoms with Gasteiger partial charge in [-0.15, -0.1) is 5.10 Å². The number of carbonyl (C=O) groups excluding carboxylic acids is 2. The highest BCUT2D eigenvalue weighted by Crippen LogP contribution is 2.23. The molecular formula is C27H32N6O3. The van der Waals surface area contributed by atoms with Crippen molar-refractivity contribution in [1.82, 2.24) is 30.0 Å². The Balaban J connectivity index is 1.16. The molecule has 9 heteroatoms. The fraction of sp³-hybridized carbons (Fsp3) is 0.444. The number of fused-ring (bicyclic) bond motifs is 1. The normalized spacial score (nSPS) is 22.2. The Morgan fingerprint density at radius 2 is 1.75 bits per heavy atom. The zero-order valence-corrected chi connectivity index (χ0v) is 21.0. The molecule has 0 radical (unpaired) electrons. The maximum absolute atomic E-state index is 13.2. The topological polar surface area (TPSA) is 93.5 Å². The van der Waals surface area contributed by atoms with Gasteiger partial charge in [-0.25, -0.2) is 9.48 Å². The Bertz CT molecular complexity index is 1210. The first-order chi connectivity index (χ1) is 17.4. The van der Waals surface area contributed by atoms with E-state index in [2.05, 4.69) is 40.3 Å². The van der Waals surface area contributed by atoms with Crippen molar-refractivity contribution in [3.8, 4) is 5.69 Å². The number of rotatable bonds is 6. The van der Waals surface area contributed by atoms with Crippen LogP contribution >= 0.6 is 0 Å². The summed E-state index contributed by atoms with van der Waals surface area (Å²) >= 11 is 0. The lowest BCUT2D eigenvalue weighted by Crippen LogP contribution is -2.59. The predicted molar refractivity (Wildman–Crippen MR) is 134 cm³/mol. The molecule has 2 aromatic carbocycles. The number of cyclic esters (lactones) is 1. The number of amides is 1. The van der Waals surface area contributed by atoms with Gasteiger partial charge >= 0.3 is 5.97 Å². The van der Waals surface area contributed by atoms with Crippen molar-refractivity contribution in [1.29, 1.82) is 0 Å². The molecule has 9 nitrogen and oxygen atoms in total. The van der Waals surface area contributed by atoms with Gasteiger partial charge in [0, 0.05) is 38.1 Å². The molecule has 0 saturated carbocycles. The summed E-state index contributed by atoms with van der Waals surface area (Å²) < 4.78 is 6.92. The zero-order valence-electron chi connectivity index (χ0n) is 21.0. The second kappa shape index (κ2) is 10.2. The molecule has 0 aliphatic carbocycles. The van der Waals surface area contributed by atoms with Crippen molar-refractivity contribution in [2.75, 3.05) is 19.6 Å². The van der Waals surface area contributed by atoms with Crippen molar-refractivity contribution in [3.05, 3.63) is 71.0 Å².